The minimum Gasteiger partial charge on any atom is -0.325 e. The summed E-state index contributed by atoms with van der Waals surface area (Å²) in [5.74, 6) is 0.0642. The fourth-order valence-corrected chi connectivity index (χ4v) is 2.23. The van der Waals surface area contributed by atoms with Crippen LogP contribution < -0.4 is 10.6 Å². The molecule has 0 saturated carbocycles. The lowest BCUT2D eigenvalue weighted by atomic mass is 10.2. The Morgan fingerprint density at radius 2 is 2.32 bits per heavy atom. The van der Waals surface area contributed by atoms with Crippen molar-refractivity contribution >= 4 is 24.0 Å². The molecule has 1 amide bonds. The van der Waals surface area contributed by atoms with Crippen molar-refractivity contribution in [2.75, 3.05) is 31.5 Å². The molecule has 0 radical (unpaired) electrons. The van der Waals surface area contributed by atoms with Gasteiger partial charge in [-0.1, -0.05) is 12.1 Å². The number of carbonyl (C=O) groups is 1. The molecule has 1 aromatic rings. The number of nitrogens with zero attached hydrogens (tertiary/aromatic N) is 1. The number of carbonyl (C=O) groups excluding carboxylic acids is 1. The Morgan fingerprint density at radius 3 is 3.00 bits per heavy atom. The highest BCUT2D eigenvalue weighted by Gasteiger charge is 2.20. The number of rotatable bonds is 3. The molecule has 0 bridgehead atoms. The number of halogens is 1. The van der Waals surface area contributed by atoms with E-state index in [1.807, 2.05) is 31.2 Å². The molecule has 2 N–H and O–H groups in total. The van der Waals surface area contributed by atoms with Crippen LogP contribution in [0.2, 0.25) is 0 Å². The van der Waals surface area contributed by atoms with E-state index >= 15 is 0 Å². The van der Waals surface area contributed by atoms with Crippen LogP contribution in [-0.4, -0.2) is 43.0 Å². The summed E-state index contributed by atoms with van der Waals surface area (Å²) >= 11 is 0. The second-order valence-electron chi connectivity index (χ2n) is 4.94. The minimum absolute atomic E-state index is 0. The quantitative estimate of drug-likeness (QED) is 0.887. The van der Waals surface area contributed by atoms with Gasteiger partial charge in [0.05, 0.1) is 6.54 Å². The number of benzene rings is 1. The first kappa shape index (κ1) is 16.0. The van der Waals surface area contributed by atoms with Gasteiger partial charge < -0.3 is 10.6 Å². The van der Waals surface area contributed by atoms with E-state index in [-0.39, 0.29) is 18.3 Å². The number of hydrogen-bond donors (Lipinski definition) is 2. The van der Waals surface area contributed by atoms with Gasteiger partial charge in [-0.2, -0.15) is 0 Å². The van der Waals surface area contributed by atoms with Crippen LogP contribution in [0.3, 0.4) is 0 Å². The third-order valence-corrected chi connectivity index (χ3v) is 3.29. The zero-order valence-electron chi connectivity index (χ0n) is 11.5. The first-order valence-electron chi connectivity index (χ1n) is 6.46. The molecule has 1 aliphatic heterocycles. The molecular weight excluding hydrogens is 262 g/mol. The highest BCUT2D eigenvalue weighted by molar-refractivity contribution is 5.92. The summed E-state index contributed by atoms with van der Waals surface area (Å²) in [5.41, 5.74) is 2.03. The third-order valence-electron chi connectivity index (χ3n) is 3.29. The maximum absolute atomic E-state index is 12.0. The van der Waals surface area contributed by atoms with Gasteiger partial charge in [0, 0.05) is 31.4 Å². The van der Waals surface area contributed by atoms with Crippen molar-refractivity contribution in [3.8, 4) is 0 Å². The van der Waals surface area contributed by atoms with Gasteiger partial charge in [-0.3, -0.25) is 9.69 Å². The average Bonchev–Trinajstić information content (AvgIpc) is 2.32. The summed E-state index contributed by atoms with van der Waals surface area (Å²) in [5, 5.41) is 6.27. The summed E-state index contributed by atoms with van der Waals surface area (Å²) in [6, 6.07) is 8.31. The first-order valence-corrected chi connectivity index (χ1v) is 6.46. The third kappa shape index (κ3) is 4.82. The Kier molecular flexibility index (Phi) is 6.28. The van der Waals surface area contributed by atoms with Crippen molar-refractivity contribution in [3.05, 3.63) is 29.8 Å². The molecule has 0 unspecified atom stereocenters. The SMILES string of the molecule is Cc1cccc(NC(=O)CN2CCNC[C@@H]2C)c1.Cl. The van der Waals surface area contributed by atoms with E-state index in [2.05, 4.69) is 22.5 Å². The average molecular weight is 284 g/mol. The smallest absolute Gasteiger partial charge is 0.238 e. The number of amides is 1. The van der Waals surface area contributed by atoms with Crippen LogP contribution in [0.15, 0.2) is 24.3 Å². The van der Waals surface area contributed by atoms with Crippen LogP contribution in [0, 0.1) is 6.92 Å². The van der Waals surface area contributed by atoms with Gasteiger partial charge in [-0.15, -0.1) is 12.4 Å². The Labute approximate surface area is 121 Å². The van der Waals surface area contributed by atoms with Crippen LogP contribution in [0.1, 0.15) is 12.5 Å². The summed E-state index contributed by atoms with van der Waals surface area (Å²) in [4.78, 5) is 14.2. The lowest BCUT2D eigenvalue weighted by molar-refractivity contribution is -0.118. The fraction of sp³-hybridized carbons (Fsp3) is 0.500. The summed E-state index contributed by atoms with van der Waals surface area (Å²) in [7, 11) is 0. The van der Waals surface area contributed by atoms with Gasteiger partial charge in [-0.05, 0) is 31.5 Å². The first-order chi connectivity index (χ1) is 8.65. The molecule has 106 valence electrons. The monoisotopic (exact) mass is 283 g/mol. The number of piperazine rings is 1. The largest absolute Gasteiger partial charge is 0.325 e. The molecule has 1 atom stereocenters. The normalized spacial score (nSPS) is 19.6. The van der Waals surface area contributed by atoms with Gasteiger partial charge in [0.2, 0.25) is 5.91 Å². The van der Waals surface area contributed by atoms with Crippen LogP contribution in [0.5, 0.6) is 0 Å². The number of aryl methyl sites for hydroxylation is 1. The molecule has 4 nitrogen and oxygen atoms in total. The predicted molar refractivity (Wildman–Crippen MR) is 81.0 cm³/mol. The molecule has 0 aromatic heterocycles. The van der Waals surface area contributed by atoms with E-state index < -0.39 is 0 Å². The van der Waals surface area contributed by atoms with E-state index in [4.69, 9.17) is 0 Å². The number of nitrogens with one attached hydrogen (secondary N) is 2. The second kappa shape index (κ2) is 7.48. The lowest BCUT2D eigenvalue weighted by Crippen LogP contribution is -2.51. The van der Waals surface area contributed by atoms with Crippen LogP contribution in [0.25, 0.3) is 0 Å². The molecule has 19 heavy (non-hydrogen) atoms. The number of anilines is 1. The van der Waals surface area contributed by atoms with Crippen molar-refractivity contribution in [2.24, 2.45) is 0 Å². The van der Waals surface area contributed by atoms with Gasteiger partial charge in [0.15, 0.2) is 0 Å². The molecule has 0 spiro atoms. The van der Waals surface area contributed by atoms with Gasteiger partial charge in [0.1, 0.15) is 0 Å². The molecule has 1 saturated heterocycles. The summed E-state index contributed by atoms with van der Waals surface area (Å²) in [6.07, 6.45) is 0. The maximum Gasteiger partial charge on any atom is 0.238 e. The van der Waals surface area contributed by atoms with Crippen molar-refractivity contribution < 1.29 is 4.79 Å². The van der Waals surface area contributed by atoms with Crippen molar-refractivity contribution in [2.45, 2.75) is 19.9 Å². The molecule has 1 aliphatic rings. The topological polar surface area (TPSA) is 44.4 Å². The zero-order valence-corrected chi connectivity index (χ0v) is 12.3. The fourth-order valence-electron chi connectivity index (χ4n) is 2.23. The molecule has 2 rings (SSSR count). The van der Waals surface area contributed by atoms with E-state index in [1.165, 1.54) is 0 Å². The maximum atomic E-state index is 12.0. The molecule has 0 aliphatic carbocycles. The minimum atomic E-state index is 0. The van der Waals surface area contributed by atoms with E-state index in [0.29, 0.717) is 12.6 Å². The van der Waals surface area contributed by atoms with Gasteiger partial charge in [0.25, 0.3) is 0 Å². The summed E-state index contributed by atoms with van der Waals surface area (Å²) < 4.78 is 0. The van der Waals surface area contributed by atoms with E-state index in [0.717, 1.165) is 30.9 Å². The van der Waals surface area contributed by atoms with Gasteiger partial charge >= 0.3 is 0 Å². The van der Waals surface area contributed by atoms with Crippen molar-refractivity contribution in [3.63, 3.8) is 0 Å². The van der Waals surface area contributed by atoms with E-state index in [1.54, 1.807) is 0 Å². The Bertz CT molecular complexity index is 425. The highest BCUT2D eigenvalue weighted by atomic mass is 35.5. The molecule has 1 fully saturated rings. The van der Waals surface area contributed by atoms with Crippen LogP contribution in [0.4, 0.5) is 5.69 Å². The zero-order chi connectivity index (χ0) is 13.0. The van der Waals surface area contributed by atoms with Crippen molar-refractivity contribution in [1.82, 2.24) is 10.2 Å². The molecular formula is C14H22ClN3O. The van der Waals surface area contributed by atoms with Crippen molar-refractivity contribution in [1.29, 1.82) is 0 Å². The second-order valence-corrected chi connectivity index (χ2v) is 4.94. The van der Waals surface area contributed by atoms with E-state index in [9.17, 15) is 4.79 Å². The molecule has 5 heteroatoms. The molecule has 1 heterocycles. The Balaban J connectivity index is 0.00000180. The van der Waals surface area contributed by atoms with Crippen LogP contribution >= 0.6 is 12.4 Å². The lowest BCUT2D eigenvalue weighted by Gasteiger charge is -2.33. The summed E-state index contributed by atoms with van der Waals surface area (Å²) in [6.45, 7) is 7.49. The number of hydrogen-bond acceptors (Lipinski definition) is 3. The Morgan fingerprint density at radius 1 is 1.53 bits per heavy atom. The predicted octanol–water partition coefficient (Wildman–Crippen LogP) is 1.65. The molecule has 1 aromatic carbocycles. The standard InChI is InChI=1S/C14H21N3O.ClH/c1-11-4-3-5-13(8-11)16-14(18)10-17-7-6-15-9-12(17)2;/h3-5,8,12,15H,6-7,9-10H2,1-2H3,(H,16,18);1H/t12-;/m0./s1. The van der Waals surface area contributed by atoms with Gasteiger partial charge in [-0.25, -0.2) is 0 Å². The Hall–Kier alpha value is -1.10. The van der Waals surface area contributed by atoms with Crippen LogP contribution in [-0.2, 0) is 4.79 Å². The highest BCUT2D eigenvalue weighted by Crippen LogP contribution is 2.10.